The van der Waals surface area contributed by atoms with E-state index in [-0.39, 0.29) is 12.4 Å². The Hall–Kier alpha value is -1.97. The van der Waals surface area contributed by atoms with E-state index in [4.69, 9.17) is 0 Å². The predicted octanol–water partition coefficient (Wildman–Crippen LogP) is 3.61. The molecule has 5 nitrogen and oxygen atoms in total. The topological polar surface area (TPSA) is 55.6 Å². The Morgan fingerprint density at radius 1 is 1.12 bits per heavy atom. The van der Waals surface area contributed by atoms with Gasteiger partial charge in [0.1, 0.15) is 16.5 Å². The maximum atomic E-state index is 12.6. The van der Waals surface area contributed by atoms with Gasteiger partial charge in [-0.15, -0.1) is 33.9 Å². The van der Waals surface area contributed by atoms with E-state index < -0.39 is 11.7 Å². The van der Waals surface area contributed by atoms with E-state index in [2.05, 4.69) is 20.5 Å². The summed E-state index contributed by atoms with van der Waals surface area (Å²) in [5.41, 5.74) is 0.678. The first-order valence-corrected chi connectivity index (χ1v) is 8.16. The van der Waals surface area contributed by atoms with Gasteiger partial charge in [0.05, 0.1) is 12.1 Å². The van der Waals surface area contributed by atoms with Crippen LogP contribution in [0.5, 0.6) is 0 Å². The van der Waals surface area contributed by atoms with Gasteiger partial charge in [-0.05, 0) is 12.1 Å². The molecule has 1 aromatic carbocycles. The van der Waals surface area contributed by atoms with Crippen molar-refractivity contribution in [3.63, 3.8) is 0 Å². The van der Waals surface area contributed by atoms with Crippen LogP contribution in [-0.4, -0.2) is 26.3 Å². The van der Waals surface area contributed by atoms with E-state index in [1.165, 1.54) is 23.5 Å². The number of nitrogens with zero attached hydrogens (tertiary/aromatic N) is 4. The lowest BCUT2D eigenvalue weighted by molar-refractivity contribution is -0.137. The average molecular weight is 388 g/mol. The molecule has 0 amide bonds. The number of thiazole rings is 1. The minimum Gasteiger partial charge on any atom is -0.308 e. The number of aromatic nitrogens is 4. The van der Waals surface area contributed by atoms with Crippen molar-refractivity contribution in [2.75, 3.05) is 6.54 Å². The second kappa shape index (κ2) is 6.74. The fourth-order valence-electron chi connectivity index (χ4n) is 2.59. The van der Waals surface area contributed by atoms with Crippen molar-refractivity contribution in [3.05, 3.63) is 41.0 Å². The normalized spacial score (nSPS) is 14.0. The first kappa shape index (κ1) is 17.8. The summed E-state index contributed by atoms with van der Waals surface area (Å²) < 4.78 is 39.9. The summed E-state index contributed by atoms with van der Waals surface area (Å²) in [5, 5.41) is 14.1. The Labute approximate surface area is 151 Å². The molecule has 3 heterocycles. The lowest BCUT2D eigenvalue weighted by atomic mass is 10.1. The first-order chi connectivity index (χ1) is 11.5. The SMILES string of the molecule is Cl.FC(F)(F)c1ccc(-c2nc(-c3nnc4n3CCNC4)cs2)cc1. The maximum absolute atomic E-state index is 12.6. The van der Waals surface area contributed by atoms with Crippen LogP contribution in [0.15, 0.2) is 29.6 Å². The van der Waals surface area contributed by atoms with Crippen LogP contribution >= 0.6 is 23.7 Å². The van der Waals surface area contributed by atoms with Crippen LogP contribution in [0.4, 0.5) is 13.2 Å². The number of fused-ring (bicyclic) bond motifs is 1. The van der Waals surface area contributed by atoms with Gasteiger partial charge < -0.3 is 9.88 Å². The average Bonchev–Trinajstić information content (AvgIpc) is 3.21. The molecule has 0 spiro atoms. The van der Waals surface area contributed by atoms with Gasteiger partial charge in [0.15, 0.2) is 5.82 Å². The number of rotatable bonds is 2. The molecule has 2 aromatic heterocycles. The molecule has 3 aromatic rings. The summed E-state index contributed by atoms with van der Waals surface area (Å²) in [4.78, 5) is 4.52. The van der Waals surface area contributed by atoms with Crippen molar-refractivity contribution in [2.45, 2.75) is 19.3 Å². The fourth-order valence-corrected chi connectivity index (χ4v) is 3.40. The maximum Gasteiger partial charge on any atom is 0.416 e. The van der Waals surface area contributed by atoms with Crippen molar-refractivity contribution < 1.29 is 13.2 Å². The lowest BCUT2D eigenvalue weighted by Crippen LogP contribution is -2.28. The number of alkyl halides is 3. The molecule has 0 bridgehead atoms. The molecule has 0 saturated carbocycles. The van der Waals surface area contributed by atoms with Crippen LogP contribution in [0, 0.1) is 0 Å². The summed E-state index contributed by atoms with van der Waals surface area (Å²) in [6.45, 7) is 2.28. The number of nitrogens with one attached hydrogen (secondary N) is 1. The Kier molecular flexibility index (Phi) is 4.81. The monoisotopic (exact) mass is 387 g/mol. The van der Waals surface area contributed by atoms with Gasteiger partial charge >= 0.3 is 6.18 Å². The van der Waals surface area contributed by atoms with E-state index in [0.29, 0.717) is 28.6 Å². The summed E-state index contributed by atoms with van der Waals surface area (Å²) in [5.74, 6) is 1.56. The van der Waals surface area contributed by atoms with Crippen LogP contribution in [0.25, 0.3) is 22.1 Å². The van der Waals surface area contributed by atoms with Crippen LogP contribution in [0.3, 0.4) is 0 Å². The molecule has 0 fully saturated rings. The van der Waals surface area contributed by atoms with E-state index >= 15 is 0 Å². The van der Waals surface area contributed by atoms with Crippen LogP contribution in [0.1, 0.15) is 11.4 Å². The van der Waals surface area contributed by atoms with E-state index in [1.54, 1.807) is 0 Å². The van der Waals surface area contributed by atoms with Gasteiger partial charge in [-0.1, -0.05) is 12.1 Å². The molecule has 1 aliphatic rings. The third kappa shape index (κ3) is 3.39. The van der Waals surface area contributed by atoms with Gasteiger partial charge in [0, 0.05) is 24.0 Å². The Bertz CT molecular complexity index is 872. The molecule has 0 atom stereocenters. The van der Waals surface area contributed by atoms with E-state index in [0.717, 1.165) is 31.0 Å². The Morgan fingerprint density at radius 2 is 1.88 bits per heavy atom. The highest BCUT2D eigenvalue weighted by molar-refractivity contribution is 7.13. The zero-order valence-corrected chi connectivity index (χ0v) is 14.4. The highest BCUT2D eigenvalue weighted by Gasteiger charge is 2.30. The molecule has 1 N–H and O–H groups in total. The smallest absolute Gasteiger partial charge is 0.308 e. The molecule has 132 valence electrons. The minimum atomic E-state index is -4.33. The van der Waals surface area contributed by atoms with E-state index in [1.807, 2.05) is 9.95 Å². The number of benzene rings is 1. The number of hydrogen-bond donors (Lipinski definition) is 1. The Balaban J connectivity index is 0.00000182. The second-order valence-corrected chi connectivity index (χ2v) is 6.24. The van der Waals surface area contributed by atoms with Gasteiger partial charge in [0.2, 0.25) is 0 Å². The number of hydrogen-bond acceptors (Lipinski definition) is 5. The van der Waals surface area contributed by atoms with Crippen LogP contribution in [-0.2, 0) is 19.3 Å². The Morgan fingerprint density at radius 3 is 2.60 bits per heavy atom. The zero-order chi connectivity index (χ0) is 16.7. The van der Waals surface area contributed by atoms with Crippen molar-refractivity contribution in [1.29, 1.82) is 0 Å². The van der Waals surface area contributed by atoms with Crippen LogP contribution < -0.4 is 5.32 Å². The van der Waals surface area contributed by atoms with Gasteiger partial charge in [-0.2, -0.15) is 13.2 Å². The summed E-state index contributed by atoms with van der Waals surface area (Å²) in [6, 6.07) is 5.02. The first-order valence-electron chi connectivity index (χ1n) is 7.29. The largest absolute Gasteiger partial charge is 0.416 e. The summed E-state index contributed by atoms with van der Waals surface area (Å²) >= 11 is 1.38. The van der Waals surface area contributed by atoms with Crippen LogP contribution in [0.2, 0.25) is 0 Å². The molecule has 0 radical (unpaired) electrons. The molecule has 10 heteroatoms. The third-order valence-electron chi connectivity index (χ3n) is 3.82. The molecule has 0 aliphatic carbocycles. The van der Waals surface area contributed by atoms with Gasteiger partial charge in [0.25, 0.3) is 0 Å². The van der Waals surface area contributed by atoms with Crippen molar-refractivity contribution in [1.82, 2.24) is 25.1 Å². The predicted molar refractivity (Wildman–Crippen MR) is 90.5 cm³/mol. The van der Waals surface area contributed by atoms with Crippen molar-refractivity contribution in [3.8, 4) is 22.1 Å². The molecule has 1 aliphatic heterocycles. The van der Waals surface area contributed by atoms with Crippen molar-refractivity contribution >= 4 is 23.7 Å². The molecular formula is C15H13ClF3N5S. The molecule has 0 saturated heterocycles. The zero-order valence-electron chi connectivity index (χ0n) is 12.7. The molecular weight excluding hydrogens is 375 g/mol. The minimum absolute atomic E-state index is 0. The summed E-state index contributed by atoms with van der Waals surface area (Å²) in [6.07, 6.45) is -4.33. The summed E-state index contributed by atoms with van der Waals surface area (Å²) in [7, 11) is 0. The second-order valence-electron chi connectivity index (χ2n) is 5.38. The molecule has 4 rings (SSSR count). The van der Waals surface area contributed by atoms with E-state index in [9.17, 15) is 13.2 Å². The fraction of sp³-hybridized carbons (Fsp3) is 0.267. The van der Waals surface area contributed by atoms with Crippen molar-refractivity contribution in [2.24, 2.45) is 0 Å². The lowest BCUT2D eigenvalue weighted by Gasteiger charge is -2.15. The van der Waals surface area contributed by atoms with Gasteiger partial charge in [-0.3, -0.25) is 0 Å². The standard InChI is InChI=1S/C15H12F3N5S.ClH/c16-15(17,18)10-3-1-9(2-4-10)14-20-11(8-24-14)13-22-21-12-7-19-5-6-23(12)13;/h1-4,8,19H,5-7H2;1H. The van der Waals surface area contributed by atoms with Gasteiger partial charge in [-0.25, -0.2) is 4.98 Å². The number of halogens is 4. The highest BCUT2D eigenvalue weighted by Crippen LogP contribution is 2.33. The molecule has 0 unspecified atom stereocenters. The third-order valence-corrected chi connectivity index (χ3v) is 4.71. The molecule has 25 heavy (non-hydrogen) atoms. The highest BCUT2D eigenvalue weighted by atomic mass is 35.5. The quantitative estimate of drug-likeness (QED) is 0.729.